The van der Waals surface area contributed by atoms with Crippen molar-refractivity contribution >= 4 is 5.91 Å². The summed E-state index contributed by atoms with van der Waals surface area (Å²) in [6, 6.07) is 0.0740. The molecular formula is C12H20N4O2. The molecule has 0 saturated carbocycles. The molecule has 1 fully saturated rings. The molecule has 1 aromatic heterocycles. The molecule has 0 radical (unpaired) electrons. The van der Waals surface area contributed by atoms with E-state index in [4.69, 9.17) is 4.74 Å². The Labute approximate surface area is 107 Å². The number of hydrogen-bond acceptors (Lipinski definition) is 4. The number of H-pyrrole nitrogens is 1. The average molecular weight is 252 g/mol. The Hall–Kier alpha value is -1.40. The van der Waals surface area contributed by atoms with Crippen LogP contribution >= 0.6 is 0 Å². The summed E-state index contributed by atoms with van der Waals surface area (Å²) in [7, 11) is 0. The lowest BCUT2D eigenvalue weighted by atomic mass is 10.1. The van der Waals surface area contributed by atoms with Gasteiger partial charge in [0.05, 0.1) is 19.3 Å². The van der Waals surface area contributed by atoms with E-state index in [0.717, 1.165) is 25.4 Å². The number of nitrogens with zero attached hydrogens (tertiary/aromatic N) is 1. The molecule has 0 aliphatic carbocycles. The van der Waals surface area contributed by atoms with Crippen LogP contribution in [0.4, 0.5) is 0 Å². The van der Waals surface area contributed by atoms with Gasteiger partial charge in [0.2, 0.25) is 5.91 Å². The number of rotatable bonds is 5. The standard InChI is InChI=1S/C12H20N4O2/c1-2-10(12-14-3-4-15-12)16-11(17)7-9-8-18-6-5-13-9/h3-4,9-10,13H,2,5-8H2,1H3,(H,14,15)(H,16,17). The molecule has 18 heavy (non-hydrogen) atoms. The molecule has 1 aliphatic heterocycles. The van der Waals surface area contributed by atoms with Gasteiger partial charge in [-0.25, -0.2) is 4.98 Å². The number of ether oxygens (including phenoxy) is 1. The van der Waals surface area contributed by atoms with Gasteiger partial charge in [-0.2, -0.15) is 0 Å². The van der Waals surface area contributed by atoms with Crippen LogP contribution in [0.15, 0.2) is 12.4 Å². The minimum Gasteiger partial charge on any atom is -0.378 e. The minimum absolute atomic E-state index is 0.0289. The Morgan fingerprint density at radius 1 is 1.72 bits per heavy atom. The topological polar surface area (TPSA) is 79.0 Å². The zero-order valence-electron chi connectivity index (χ0n) is 10.6. The normalized spacial score (nSPS) is 21.5. The van der Waals surface area contributed by atoms with Gasteiger partial charge in [-0.1, -0.05) is 6.92 Å². The Kier molecular flexibility index (Phi) is 4.72. The van der Waals surface area contributed by atoms with E-state index >= 15 is 0 Å². The fraction of sp³-hybridized carbons (Fsp3) is 0.667. The van der Waals surface area contributed by atoms with Crippen LogP contribution in [0.2, 0.25) is 0 Å². The summed E-state index contributed by atoms with van der Waals surface area (Å²) in [5, 5.41) is 6.25. The van der Waals surface area contributed by atoms with E-state index in [-0.39, 0.29) is 18.0 Å². The zero-order valence-corrected chi connectivity index (χ0v) is 10.6. The Morgan fingerprint density at radius 3 is 3.22 bits per heavy atom. The second-order valence-electron chi connectivity index (χ2n) is 4.43. The van der Waals surface area contributed by atoms with Crippen molar-refractivity contribution < 1.29 is 9.53 Å². The van der Waals surface area contributed by atoms with Crippen molar-refractivity contribution in [3.05, 3.63) is 18.2 Å². The predicted molar refractivity (Wildman–Crippen MR) is 67.0 cm³/mol. The number of imidazole rings is 1. The number of amides is 1. The molecule has 0 aromatic carbocycles. The third kappa shape index (κ3) is 3.54. The molecule has 2 atom stereocenters. The van der Waals surface area contributed by atoms with Crippen LogP contribution in [0, 0.1) is 0 Å². The number of nitrogens with one attached hydrogen (secondary N) is 3. The third-order valence-corrected chi connectivity index (χ3v) is 3.02. The number of hydrogen-bond donors (Lipinski definition) is 3. The van der Waals surface area contributed by atoms with Crippen molar-refractivity contribution in [1.29, 1.82) is 0 Å². The van der Waals surface area contributed by atoms with Crippen LogP contribution in [0.1, 0.15) is 31.6 Å². The molecule has 2 heterocycles. The number of carbonyl (C=O) groups is 1. The van der Waals surface area contributed by atoms with Crippen molar-refractivity contribution in [2.45, 2.75) is 31.8 Å². The van der Waals surface area contributed by atoms with Crippen LogP contribution in [0.25, 0.3) is 0 Å². The Morgan fingerprint density at radius 2 is 2.61 bits per heavy atom. The monoisotopic (exact) mass is 252 g/mol. The highest BCUT2D eigenvalue weighted by atomic mass is 16.5. The van der Waals surface area contributed by atoms with Crippen molar-refractivity contribution in [2.24, 2.45) is 0 Å². The Balaban J connectivity index is 1.82. The third-order valence-electron chi connectivity index (χ3n) is 3.02. The van der Waals surface area contributed by atoms with E-state index in [2.05, 4.69) is 20.6 Å². The number of morpholine rings is 1. The molecule has 6 heteroatoms. The van der Waals surface area contributed by atoms with E-state index in [9.17, 15) is 4.79 Å². The minimum atomic E-state index is -0.0444. The summed E-state index contributed by atoms with van der Waals surface area (Å²) in [5.41, 5.74) is 0. The van der Waals surface area contributed by atoms with Crippen LogP contribution < -0.4 is 10.6 Å². The molecule has 100 valence electrons. The fourth-order valence-electron chi connectivity index (χ4n) is 2.06. The summed E-state index contributed by atoms with van der Waals surface area (Å²) in [6.07, 6.45) is 4.71. The second-order valence-corrected chi connectivity index (χ2v) is 4.43. The van der Waals surface area contributed by atoms with Gasteiger partial charge >= 0.3 is 0 Å². The van der Waals surface area contributed by atoms with E-state index < -0.39 is 0 Å². The summed E-state index contributed by atoms with van der Waals surface area (Å²) in [6.45, 7) is 4.16. The smallest absolute Gasteiger partial charge is 0.222 e. The van der Waals surface area contributed by atoms with Crippen LogP contribution in [0.5, 0.6) is 0 Å². The highest BCUT2D eigenvalue weighted by Gasteiger charge is 2.20. The lowest BCUT2D eigenvalue weighted by Crippen LogP contribution is -2.44. The van der Waals surface area contributed by atoms with Crippen LogP contribution in [-0.2, 0) is 9.53 Å². The summed E-state index contributed by atoms with van der Waals surface area (Å²) < 4.78 is 5.33. The summed E-state index contributed by atoms with van der Waals surface area (Å²) >= 11 is 0. The van der Waals surface area contributed by atoms with Gasteiger partial charge in [0.15, 0.2) is 0 Å². The summed E-state index contributed by atoms with van der Waals surface area (Å²) in [5.74, 6) is 0.833. The number of aromatic nitrogens is 2. The predicted octanol–water partition coefficient (Wildman–Crippen LogP) is 0.356. The van der Waals surface area contributed by atoms with E-state index in [1.807, 2.05) is 6.92 Å². The molecule has 1 saturated heterocycles. The molecule has 2 unspecified atom stereocenters. The van der Waals surface area contributed by atoms with Crippen molar-refractivity contribution in [3.63, 3.8) is 0 Å². The van der Waals surface area contributed by atoms with Gasteiger partial charge in [-0.05, 0) is 6.42 Å². The molecule has 1 aromatic rings. The molecule has 0 bridgehead atoms. The van der Waals surface area contributed by atoms with Crippen LogP contribution in [0.3, 0.4) is 0 Å². The molecule has 6 nitrogen and oxygen atoms in total. The van der Waals surface area contributed by atoms with Gasteiger partial charge in [0, 0.05) is 31.4 Å². The number of aromatic amines is 1. The zero-order chi connectivity index (χ0) is 12.8. The SMILES string of the molecule is CCC(NC(=O)CC1COCCN1)c1ncc[nH]1. The lowest BCUT2D eigenvalue weighted by Gasteiger charge is -2.24. The van der Waals surface area contributed by atoms with E-state index in [1.54, 1.807) is 12.4 Å². The Bertz CT molecular complexity index is 360. The van der Waals surface area contributed by atoms with Crippen molar-refractivity contribution in [3.8, 4) is 0 Å². The van der Waals surface area contributed by atoms with Gasteiger partial charge in [0.1, 0.15) is 5.82 Å². The van der Waals surface area contributed by atoms with Gasteiger partial charge in [-0.3, -0.25) is 4.79 Å². The van der Waals surface area contributed by atoms with Crippen LogP contribution in [-0.4, -0.2) is 41.7 Å². The largest absolute Gasteiger partial charge is 0.378 e. The van der Waals surface area contributed by atoms with E-state index in [1.165, 1.54) is 0 Å². The quantitative estimate of drug-likeness (QED) is 0.707. The maximum Gasteiger partial charge on any atom is 0.222 e. The summed E-state index contributed by atoms with van der Waals surface area (Å²) in [4.78, 5) is 19.1. The molecule has 1 aliphatic rings. The van der Waals surface area contributed by atoms with Crippen molar-refractivity contribution in [1.82, 2.24) is 20.6 Å². The molecular weight excluding hydrogens is 232 g/mol. The molecule has 1 amide bonds. The highest BCUT2D eigenvalue weighted by Crippen LogP contribution is 2.11. The average Bonchev–Trinajstić information content (AvgIpc) is 2.91. The number of carbonyl (C=O) groups excluding carboxylic acids is 1. The first-order valence-electron chi connectivity index (χ1n) is 6.39. The van der Waals surface area contributed by atoms with Gasteiger partial charge in [-0.15, -0.1) is 0 Å². The molecule has 0 spiro atoms. The molecule has 3 N–H and O–H groups in total. The first-order valence-corrected chi connectivity index (χ1v) is 6.39. The van der Waals surface area contributed by atoms with Gasteiger partial charge < -0.3 is 20.4 Å². The molecule has 2 rings (SSSR count). The highest BCUT2D eigenvalue weighted by molar-refractivity contribution is 5.77. The van der Waals surface area contributed by atoms with Crippen molar-refractivity contribution in [2.75, 3.05) is 19.8 Å². The maximum absolute atomic E-state index is 11.9. The lowest BCUT2D eigenvalue weighted by molar-refractivity contribution is -0.123. The fourth-order valence-corrected chi connectivity index (χ4v) is 2.06. The second kappa shape index (κ2) is 6.51. The first kappa shape index (κ1) is 13.0. The first-order chi connectivity index (χ1) is 8.79. The van der Waals surface area contributed by atoms with E-state index in [0.29, 0.717) is 13.0 Å². The van der Waals surface area contributed by atoms with Gasteiger partial charge in [0.25, 0.3) is 0 Å². The maximum atomic E-state index is 11.9.